The van der Waals surface area contributed by atoms with E-state index >= 15 is 0 Å². The Morgan fingerprint density at radius 2 is 1.65 bits per heavy atom. The van der Waals surface area contributed by atoms with E-state index in [9.17, 15) is 4.79 Å². The molecule has 37 heavy (non-hydrogen) atoms. The number of aryl methyl sites for hydroxylation is 1. The highest BCUT2D eigenvalue weighted by Gasteiger charge is 2.12. The zero-order valence-electron chi connectivity index (χ0n) is 20.6. The van der Waals surface area contributed by atoms with Crippen LogP contribution in [-0.2, 0) is 0 Å². The molecule has 6 heterocycles. The van der Waals surface area contributed by atoms with E-state index in [0.29, 0.717) is 0 Å². The molecule has 0 aliphatic heterocycles. The van der Waals surface area contributed by atoms with Gasteiger partial charge in [-0.1, -0.05) is 6.07 Å². The molecular weight excluding hydrogens is 500 g/mol. The van der Waals surface area contributed by atoms with Gasteiger partial charge in [-0.15, -0.1) is 22.7 Å². The van der Waals surface area contributed by atoms with Crippen molar-refractivity contribution in [2.45, 2.75) is 6.92 Å². The highest BCUT2D eigenvalue weighted by atomic mass is 32.1. The number of hydrogen-bond donors (Lipinski definition) is 0. The van der Waals surface area contributed by atoms with Gasteiger partial charge in [0.2, 0.25) is 0 Å². The number of aromatic nitrogens is 5. The minimum absolute atomic E-state index is 0.0369. The Hall–Kier alpha value is -4.21. The maximum absolute atomic E-state index is 11.8. The third-order valence-corrected chi connectivity index (χ3v) is 7.66. The summed E-state index contributed by atoms with van der Waals surface area (Å²) in [7, 11) is 3.78. The number of thiophene rings is 2. The van der Waals surface area contributed by atoms with Gasteiger partial charge in [-0.25, -0.2) is 9.67 Å². The molecule has 0 bridgehead atoms. The second-order valence-electron chi connectivity index (χ2n) is 8.46. The highest BCUT2D eigenvalue weighted by molar-refractivity contribution is 7.22. The van der Waals surface area contributed by atoms with E-state index in [1.165, 1.54) is 20.9 Å². The van der Waals surface area contributed by atoms with Gasteiger partial charge in [0.15, 0.2) is 11.6 Å². The number of carbonyl (C=O) groups is 1. The smallest absolute Gasteiger partial charge is 0.197 e. The van der Waals surface area contributed by atoms with Gasteiger partial charge in [0.1, 0.15) is 0 Å². The molecule has 0 N–H and O–H groups in total. The molecular formula is C28H24N6OS2. The van der Waals surface area contributed by atoms with Crippen molar-refractivity contribution < 1.29 is 4.79 Å². The summed E-state index contributed by atoms with van der Waals surface area (Å²) in [5.41, 5.74) is 2.03. The maximum atomic E-state index is 11.8. The van der Waals surface area contributed by atoms with Gasteiger partial charge in [-0.3, -0.25) is 14.8 Å². The van der Waals surface area contributed by atoms with Crippen molar-refractivity contribution in [3.63, 3.8) is 0 Å². The van der Waals surface area contributed by atoms with Crippen LogP contribution in [0.25, 0.3) is 36.6 Å². The molecule has 0 fully saturated rings. The maximum Gasteiger partial charge on any atom is 0.197 e. The van der Waals surface area contributed by atoms with Gasteiger partial charge in [-0.2, -0.15) is 5.10 Å². The lowest BCUT2D eigenvalue weighted by Gasteiger charge is -2.05. The summed E-state index contributed by atoms with van der Waals surface area (Å²) in [6.45, 7) is 1.98. The summed E-state index contributed by atoms with van der Waals surface area (Å²) < 4.78 is 4.20. The number of allylic oxidation sites excluding steroid dienone is 1. The molecule has 0 atom stereocenters. The number of nitrogens with zero attached hydrogens (tertiary/aromatic N) is 6. The first-order valence-electron chi connectivity index (χ1n) is 11.5. The Labute approximate surface area is 222 Å². The van der Waals surface area contributed by atoms with E-state index < -0.39 is 0 Å². The molecule has 0 aromatic carbocycles. The topological polar surface area (TPSA) is 76.8 Å². The Morgan fingerprint density at radius 1 is 0.919 bits per heavy atom. The minimum Gasteiger partial charge on any atom is -0.383 e. The summed E-state index contributed by atoms with van der Waals surface area (Å²) in [6, 6.07) is 16.0. The fourth-order valence-electron chi connectivity index (χ4n) is 3.63. The summed E-state index contributed by atoms with van der Waals surface area (Å²) in [6.07, 6.45) is 12.4. The monoisotopic (exact) mass is 524 g/mol. The van der Waals surface area contributed by atoms with E-state index in [1.807, 2.05) is 91.7 Å². The van der Waals surface area contributed by atoms with Gasteiger partial charge >= 0.3 is 0 Å². The van der Waals surface area contributed by atoms with Crippen molar-refractivity contribution in [3.8, 4) is 16.4 Å². The van der Waals surface area contributed by atoms with Crippen LogP contribution in [0.3, 0.4) is 0 Å². The average Bonchev–Trinajstić information content (AvgIpc) is 3.65. The lowest BCUT2D eigenvalue weighted by molar-refractivity contribution is 0.104. The van der Waals surface area contributed by atoms with E-state index in [2.05, 4.69) is 26.1 Å². The number of hydrogen-bond acceptors (Lipinski definition) is 8. The number of fused-ring (bicyclic) bond motifs is 2. The molecule has 7 nitrogen and oxygen atoms in total. The number of pyridine rings is 3. The van der Waals surface area contributed by atoms with Crippen LogP contribution in [0.15, 0.2) is 91.8 Å². The lowest BCUT2D eigenvalue weighted by atomic mass is 10.2. The quantitative estimate of drug-likeness (QED) is 0.192. The SMILES string of the molecule is CN(C)/C=C/C(=O)c1cc2cnccc2s1.Cc1cccc(-n2nccc2-c2cc3cnccc3s2)n1. The molecule has 6 rings (SSSR count). The zero-order chi connectivity index (χ0) is 25.8. The summed E-state index contributed by atoms with van der Waals surface area (Å²) in [5.74, 6) is 0.875. The number of rotatable bonds is 5. The fourth-order valence-corrected chi connectivity index (χ4v) is 5.62. The third-order valence-electron chi connectivity index (χ3n) is 5.39. The predicted molar refractivity (Wildman–Crippen MR) is 151 cm³/mol. The van der Waals surface area contributed by atoms with Crippen LogP contribution in [0.1, 0.15) is 15.4 Å². The van der Waals surface area contributed by atoms with Gasteiger partial charge in [0.25, 0.3) is 0 Å². The van der Waals surface area contributed by atoms with Crippen LogP contribution >= 0.6 is 22.7 Å². The molecule has 0 aliphatic carbocycles. The molecule has 0 saturated carbocycles. The molecule has 6 aromatic rings. The van der Waals surface area contributed by atoms with E-state index in [0.717, 1.165) is 37.6 Å². The predicted octanol–water partition coefficient (Wildman–Crippen LogP) is 6.41. The molecule has 6 aromatic heterocycles. The van der Waals surface area contributed by atoms with Gasteiger partial charge < -0.3 is 4.90 Å². The van der Waals surface area contributed by atoms with Crippen molar-refractivity contribution in [1.82, 2.24) is 29.6 Å². The Balaban J connectivity index is 0.000000158. The molecule has 0 amide bonds. The first-order chi connectivity index (χ1) is 18.0. The normalized spacial score (nSPS) is 11.1. The van der Waals surface area contributed by atoms with Crippen LogP contribution in [0.2, 0.25) is 0 Å². The van der Waals surface area contributed by atoms with Crippen LogP contribution in [0, 0.1) is 6.92 Å². The molecule has 0 unspecified atom stereocenters. The number of carbonyl (C=O) groups excluding carboxylic acids is 1. The summed E-state index contributed by atoms with van der Waals surface area (Å²) in [4.78, 5) is 28.3. The summed E-state index contributed by atoms with van der Waals surface area (Å²) >= 11 is 3.24. The minimum atomic E-state index is 0.0369. The van der Waals surface area contributed by atoms with Gasteiger partial charge in [0, 0.05) is 77.0 Å². The number of ketones is 1. The second kappa shape index (κ2) is 10.8. The molecule has 0 spiro atoms. The standard InChI is InChI=1S/C16H12N4S.C12H12N2OS/c1-11-3-2-4-16(19-11)20-13(5-8-18-20)15-9-12-10-17-7-6-14(12)21-15;1-14(2)6-4-10(15)12-7-9-8-13-5-3-11(9)16-12/h2-10H,1H3;3-8H,1-2H3/b;6-4+. The Morgan fingerprint density at radius 3 is 2.32 bits per heavy atom. The van der Waals surface area contributed by atoms with Crippen LogP contribution < -0.4 is 0 Å². The van der Waals surface area contributed by atoms with Crippen molar-refractivity contribution >= 4 is 48.6 Å². The molecule has 0 saturated heterocycles. The first kappa shape index (κ1) is 24.5. The van der Waals surface area contributed by atoms with Crippen LogP contribution in [-0.4, -0.2) is 49.5 Å². The molecule has 184 valence electrons. The average molecular weight is 525 g/mol. The largest absolute Gasteiger partial charge is 0.383 e. The van der Waals surface area contributed by atoms with E-state index in [-0.39, 0.29) is 5.78 Å². The van der Waals surface area contributed by atoms with Crippen molar-refractivity contribution in [2.24, 2.45) is 0 Å². The summed E-state index contributed by atoms with van der Waals surface area (Å²) in [5, 5.41) is 6.60. The first-order valence-corrected chi connectivity index (χ1v) is 13.2. The zero-order valence-corrected chi connectivity index (χ0v) is 22.2. The van der Waals surface area contributed by atoms with Crippen molar-refractivity contribution in [2.75, 3.05) is 14.1 Å². The third kappa shape index (κ3) is 5.63. The van der Waals surface area contributed by atoms with Gasteiger partial charge in [0.05, 0.1) is 21.6 Å². The molecule has 9 heteroatoms. The highest BCUT2D eigenvalue weighted by Crippen LogP contribution is 2.33. The van der Waals surface area contributed by atoms with Crippen LogP contribution in [0.4, 0.5) is 0 Å². The fraction of sp³-hybridized carbons (Fsp3) is 0.107. The molecule has 0 radical (unpaired) electrons. The Bertz CT molecular complexity index is 1650. The van der Waals surface area contributed by atoms with E-state index in [4.69, 9.17) is 0 Å². The lowest BCUT2D eigenvalue weighted by Crippen LogP contribution is -2.02. The molecule has 0 aliphatic rings. The van der Waals surface area contributed by atoms with Crippen molar-refractivity contribution in [1.29, 1.82) is 0 Å². The van der Waals surface area contributed by atoms with Crippen LogP contribution in [0.5, 0.6) is 0 Å². The second-order valence-corrected chi connectivity index (χ2v) is 10.6. The Kier molecular flexibility index (Phi) is 7.16. The van der Waals surface area contributed by atoms with Crippen molar-refractivity contribution in [3.05, 3.63) is 102 Å². The van der Waals surface area contributed by atoms with Gasteiger partial charge in [-0.05, 0) is 49.4 Å². The van der Waals surface area contributed by atoms with E-state index in [1.54, 1.807) is 36.0 Å².